The zero-order valence-electron chi connectivity index (χ0n) is 22.6. The Bertz CT molecular complexity index is 1210. The number of benzene rings is 2. The van der Waals surface area contributed by atoms with Gasteiger partial charge in [-0.05, 0) is 63.3 Å². The monoisotopic (exact) mass is 532 g/mol. The van der Waals surface area contributed by atoms with E-state index in [0.717, 1.165) is 5.56 Å². The van der Waals surface area contributed by atoms with E-state index >= 15 is 0 Å². The highest BCUT2D eigenvalue weighted by molar-refractivity contribution is 5.93. The third kappa shape index (κ3) is 8.88. The van der Waals surface area contributed by atoms with Crippen molar-refractivity contribution in [2.45, 2.75) is 76.7 Å². The molecule has 39 heavy (non-hydrogen) atoms. The van der Waals surface area contributed by atoms with Gasteiger partial charge in [-0.3, -0.25) is 14.4 Å². The number of ether oxygens (including phenoxy) is 1. The highest BCUT2D eigenvalue weighted by Gasteiger charge is 2.44. The summed E-state index contributed by atoms with van der Waals surface area (Å²) in [6.45, 7) is 5.38. The Hall–Kier alpha value is -4.32. The molecule has 2 atom stereocenters. The van der Waals surface area contributed by atoms with Gasteiger partial charge in [0.25, 0.3) is 0 Å². The molecule has 4 amide bonds. The van der Waals surface area contributed by atoms with Gasteiger partial charge in [0.15, 0.2) is 0 Å². The molecule has 0 radical (unpaired) electrons. The number of nitrogens with two attached hydrogens (primary N) is 1. The van der Waals surface area contributed by atoms with E-state index in [1.54, 1.807) is 45.0 Å². The molecule has 0 heterocycles. The minimum atomic E-state index is -1.12. The molecule has 4 N–H and O–H groups in total. The van der Waals surface area contributed by atoms with Gasteiger partial charge in [0.1, 0.15) is 17.7 Å². The van der Waals surface area contributed by atoms with Gasteiger partial charge in [-0.15, -0.1) is 6.42 Å². The lowest BCUT2D eigenvalue weighted by Crippen LogP contribution is -2.54. The standard InChI is InChI=1S/C30H36N4O5/c1-5-20-11-13-22(14-12-20)26(27(36)32-19-21-9-7-6-8-10-21)34(23-15-16-23)28(37)24(17-18-25(31)35)33-29(38)39-30(2,3)4/h1,6-14,23-24,26H,15-19H2,2-4H3,(H2,31,35)(H,32,36)(H,33,38). The van der Waals surface area contributed by atoms with Crippen molar-refractivity contribution in [3.05, 3.63) is 71.3 Å². The average Bonchev–Trinajstić information content (AvgIpc) is 3.72. The van der Waals surface area contributed by atoms with Crippen molar-refractivity contribution in [1.82, 2.24) is 15.5 Å². The van der Waals surface area contributed by atoms with E-state index in [0.29, 0.717) is 24.0 Å². The summed E-state index contributed by atoms with van der Waals surface area (Å²) in [6.07, 6.45) is 5.95. The molecule has 3 rings (SSSR count). The van der Waals surface area contributed by atoms with Crippen LogP contribution in [-0.2, 0) is 25.7 Å². The maximum absolute atomic E-state index is 14.0. The van der Waals surface area contributed by atoms with Crippen LogP contribution in [0.5, 0.6) is 0 Å². The minimum absolute atomic E-state index is 0.0367. The summed E-state index contributed by atoms with van der Waals surface area (Å²) in [6, 6.07) is 14.0. The predicted molar refractivity (Wildman–Crippen MR) is 147 cm³/mol. The molecular weight excluding hydrogens is 496 g/mol. The van der Waals surface area contributed by atoms with Crippen LogP contribution in [0.3, 0.4) is 0 Å². The first-order valence-electron chi connectivity index (χ1n) is 13.0. The molecule has 0 spiro atoms. The lowest BCUT2D eigenvalue weighted by Gasteiger charge is -2.34. The van der Waals surface area contributed by atoms with Crippen molar-refractivity contribution in [2.24, 2.45) is 5.73 Å². The second-order valence-electron chi connectivity index (χ2n) is 10.6. The number of alkyl carbamates (subject to hydrolysis) is 1. The second kappa shape index (κ2) is 13.0. The van der Waals surface area contributed by atoms with E-state index in [4.69, 9.17) is 16.9 Å². The second-order valence-corrected chi connectivity index (χ2v) is 10.6. The average molecular weight is 533 g/mol. The molecule has 0 bridgehead atoms. The van der Waals surface area contributed by atoms with Crippen LogP contribution in [0.2, 0.25) is 0 Å². The van der Waals surface area contributed by atoms with Crippen molar-refractivity contribution in [2.75, 3.05) is 0 Å². The number of hydrogen-bond donors (Lipinski definition) is 3. The van der Waals surface area contributed by atoms with Crippen LogP contribution in [0, 0.1) is 12.3 Å². The predicted octanol–water partition coefficient (Wildman–Crippen LogP) is 3.18. The van der Waals surface area contributed by atoms with Crippen LogP contribution in [0.1, 0.15) is 69.2 Å². The molecule has 2 aromatic rings. The Morgan fingerprint density at radius 2 is 1.72 bits per heavy atom. The van der Waals surface area contributed by atoms with Gasteiger partial charge in [0, 0.05) is 24.6 Å². The summed E-state index contributed by atoms with van der Waals surface area (Å²) in [5, 5.41) is 5.54. The van der Waals surface area contributed by atoms with Crippen molar-refractivity contribution in [3.8, 4) is 12.3 Å². The quantitative estimate of drug-likeness (QED) is 0.383. The lowest BCUT2D eigenvalue weighted by molar-refractivity contribution is -0.143. The van der Waals surface area contributed by atoms with Crippen molar-refractivity contribution in [1.29, 1.82) is 0 Å². The first-order valence-corrected chi connectivity index (χ1v) is 13.0. The van der Waals surface area contributed by atoms with Gasteiger partial charge in [0.2, 0.25) is 17.7 Å². The number of nitrogens with one attached hydrogen (secondary N) is 2. The van der Waals surface area contributed by atoms with Gasteiger partial charge in [0.05, 0.1) is 0 Å². The lowest BCUT2D eigenvalue weighted by atomic mass is 10.00. The number of terminal acetylenes is 1. The molecule has 1 fully saturated rings. The largest absolute Gasteiger partial charge is 0.444 e. The van der Waals surface area contributed by atoms with Crippen LogP contribution in [-0.4, -0.2) is 46.4 Å². The normalized spacial score (nSPS) is 14.3. The number of carbonyl (C=O) groups is 4. The first kappa shape index (κ1) is 29.2. The minimum Gasteiger partial charge on any atom is -0.444 e. The molecular formula is C30H36N4O5. The molecule has 9 heteroatoms. The SMILES string of the molecule is C#Cc1ccc(C(C(=O)NCc2ccccc2)N(C(=O)C(CCC(N)=O)NC(=O)OC(C)(C)C)C2CC2)cc1. The molecule has 0 aliphatic heterocycles. The smallest absolute Gasteiger partial charge is 0.408 e. The number of rotatable bonds is 11. The number of primary amides is 1. The van der Waals surface area contributed by atoms with Crippen LogP contribution in [0.25, 0.3) is 0 Å². The highest BCUT2D eigenvalue weighted by Crippen LogP contribution is 2.36. The molecule has 1 aliphatic rings. The van der Waals surface area contributed by atoms with Crippen molar-refractivity contribution >= 4 is 23.8 Å². The maximum Gasteiger partial charge on any atom is 0.408 e. The molecule has 1 saturated carbocycles. The fraction of sp³-hybridized carbons (Fsp3) is 0.400. The van der Waals surface area contributed by atoms with Crippen LogP contribution in [0.15, 0.2) is 54.6 Å². The van der Waals surface area contributed by atoms with Gasteiger partial charge >= 0.3 is 6.09 Å². The molecule has 2 aromatic carbocycles. The van der Waals surface area contributed by atoms with Gasteiger partial charge in [-0.1, -0.05) is 48.4 Å². The molecule has 9 nitrogen and oxygen atoms in total. The molecule has 0 saturated heterocycles. The summed E-state index contributed by atoms with van der Waals surface area (Å²) in [5.74, 6) is 1.07. The van der Waals surface area contributed by atoms with E-state index in [1.807, 2.05) is 30.3 Å². The van der Waals surface area contributed by atoms with Crippen molar-refractivity contribution < 1.29 is 23.9 Å². The van der Waals surface area contributed by atoms with Crippen LogP contribution >= 0.6 is 0 Å². The first-order chi connectivity index (χ1) is 18.5. The number of amides is 4. The number of hydrogen-bond acceptors (Lipinski definition) is 5. The van der Waals surface area contributed by atoms with Crippen LogP contribution in [0.4, 0.5) is 4.79 Å². The Kier molecular flexibility index (Phi) is 9.72. The Balaban J connectivity index is 1.94. The van der Waals surface area contributed by atoms with Gasteiger partial charge in [-0.25, -0.2) is 4.79 Å². The van der Waals surface area contributed by atoms with E-state index in [1.165, 1.54) is 4.90 Å². The summed E-state index contributed by atoms with van der Waals surface area (Å²) in [7, 11) is 0. The summed E-state index contributed by atoms with van der Waals surface area (Å²) in [5.41, 5.74) is 6.68. The maximum atomic E-state index is 14.0. The summed E-state index contributed by atoms with van der Waals surface area (Å²) in [4.78, 5) is 53.5. The molecule has 1 aliphatic carbocycles. The van der Waals surface area contributed by atoms with Gasteiger partial charge < -0.3 is 26.0 Å². The topological polar surface area (TPSA) is 131 Å². The van der Waals surface area contributed by atoms with Crippen LogP contribution < -0.4 is 16.4 Å². The Labute approximate surface area is 229 Å². The third-order valence-electron chi connectivity index (χ3n) is 6.09. The van der Waals surface area contributed by atoms with Gasteiger partial charge in [-0.2, -0.15) is 0 Å². The van der Waals surface area contributed by atoms with E-state index in [9.17, 15) is 19.2 Å². The number of nitrogens with zero attached hydrogens (tertiary/aromatic N) is 1. The Morgan fingerprint density at radius 1 is 1.08 bits per heavy atom. The molecule has 0 aromatic heterocycles. The van der Waals surface area contributed by atoms with E-state index in [2.05, 4.69) is 16.6 Å². The highest BCUT2D eigenvalue weighted by atomic mass is 16.6. The van der Waals surface area contributed by atoms with Crippen molar-refractivity contribution in [3.63, 3.8) is 0 Å². The zero-order valence-corrected chi connectivity index (χ0v) is 22.6. The fourth-order valence-electron chi connectivity index (χ4n) is 4.13. The summed E-state index contributed by atoms with van der Waals surface area (Å²) >= 11 is 0. The Morgan fingerprint density at radius 3 is 2.26 bits per heavy atom. The van der Waals surface area contributed by atoms with E-state index in [-0.39, 0.29) is 31.3 Å². The summed E-state index contributed by atoms with van der Waals surface area (Å²) < 4.78 is 5.35. The molecule has 206 valence electrons. The fourth-order valence-corrected chi connectivity index (χ4v) is 4.13. The third-order valence-corrected chi connectivity index (χ3v) is 6.09. The van der Waals surface area contributed by atoms with E-state index < -0.39 is 35.6 Å². The zero-order chi connectivity index (χ0) is 28.6. The number of carbonyl (C=O) groups excluding carboxylic acids is 4. The molecule has 2 unspecified atom stereocenters.